The number of halogens is 1. The summed E-state index contributed by atoms with van der Waals surface area (Å²) in [5, 5.41) is 2.83. The van der Waals surface area contributed by atoms with E-state index in [1.165, 1.54) is 6.33 Å². The van der Waals surface area contributed by atoms with Crippen molar-refractivity contribution in [3.8, 4) is 0 Å². The van der Waals surface area contributed by atoms with Crippen LogP contribution in [-0.2, 0) is 14.2 Å². The standard InChI is InChI=1S/C22H26IN5O4/c1-13(10-23)30-21(17-14(2)31-22(3,4)32-17)28-12-26-16-18(24-11-25-19(16)28)27-20(29)15-8-6-5-7-9-15/h5-9,11-14,17,21H,10H2,1-4H3,(H,24,25,27,29)/t13?,14-,17?,21?/m0/s1. The highest BCUT2D eigenvalue weighted by molar-refractivity contribution is 14.1. The van der Waals surface area contributed by atoms with Gasteiger partial charge in [0.2, 0.25) is 0 Å². The van der Waals surface area contributed by atoms with Crippen LogP contribution in [0.4, 0.5) is 5.82 Å². The maximum Gasteiger partial charge on any atom is 0.256 e. The van der Waals surface area contributed by atoms with E-state index >= 15 is 0 Å². The second-order valence-electron chi connectivity index (χ2n) is 8.16. The van der Waals surface area contributed by atoms with Gasteiger partial charge in [0, 0.05) is 9.99 Å². The summed E-state index contributed by atoms with van der Waals surface area (Å²) < 4.78 is 21.1. The maximum absolute atomic E-state index is 12.6. The fraction of sp³-hybridized carbons (Fsp3) is 0.455. The molecule has 9 nitrogen and oxygen atoms in total. The number of carbonyl (C=O) groups excluding carboxylic acids is 1. The number of ether oxygens (including phenoxy) is 3. The largest absolute Gasteiger partial charge is 0.351 e. The first-order valence-corrected chi connectivity index (χ1v) is 11.9. The predicted molar refractivity (Wildman–Crippen MR) is 128 cm³/mol. The molecule has 0 bridgehead atoms. The third-order valence-corrected chi connectivity index (χ3v) is 6.36. The summed E-state index contributed by atoms with van der Waals surface area (Å²) >= 11 is 2.29. The highest BCUT2D eigenvalue weighted by atomic mass is 127. The van der Waals surface area contributed by atoms with Gasteiger partial charge in [0.25, 0.3) is 5.91 Å². The van der Waals surface area contributed by atoms with Crippen LogP contribution in [0.2, 0.25) is 0 Å². The lowest BCUT2D eigenvalue weighted by Crippen LogP contribution is -2.36. The number of fused-ring (bicyclic) bond motifs is 1. The van der Waals surface area contributed by atoms with E-state index in [4.69, 9.17) is 14.2 Å². The third kappa shape index (κ3) is 4.77. The number of imidazole rings is 1. The number of hydrogen-bond donors (Lipinski definition) is 1. The third-order valence-electron chi connectivity index (χ3n) is 5.12. The van der Waals surface area contributed by atoms with Crippen LogP contribution in [0.1, 0.15) is 44.3 Å². The molecule has 1 fully saturated rings. The van der Waals surface area contributed by atoms with E-state index < -0.39 is 12.0 Å². The summed E-state index contributed by atoms with van der Waals surface area (Å²) in [6, 6.07) is 8.95. The second kappa shape index (κ2) is 9.38. The summed E-state index contributed by atoms with van der Waals surface area (Å²) in [5.74, 6) is -0.658. The molecular formula is C22H26IN5O4. The zero-order chi connectivity index (χ0) is 22.9. The van der Waals surface area contributed by atoms with Gasteiger partial charge < -0.3 is 19.5 Å². The molecule has 10 heteroatoms. The van der Waals surface area contributed by atoms with Crippen LogP contribution >= 0.6 is 22.6 Å². The predicted octanol–water partition coefficient (Wildman–Crippen LogP) is 3.96. The highest BCUT2D eigenvalue weighted by Crippen LogP contribution is 2.36. The lowest BCUT2D eigenvalue weighted by Gasteiger charge is -2.29. The van der Waals surface area contributed by atoms with Gasteiger partial charge in [-0.1, -0.05) is 40.8 Å². The summed E-state index contributed by atoms with van der Waals surface area (Å²) in [6.45, 7) is 7.73. The summed E-state index contributed by atoms with van der Waals surface area (Å²) in [4.78, 5) is 25.8. The Labute approximate surface area is 200 Å². The Morgan fingerprint density at radius 1 is 1.25 bits per heavy atom. The topological polar surface area (TPSA) is 100 Å². The van der Waals surface area contributed by atoms with Crippen LogP contribution in [0.5, 0.6) is 0 Å². The molecule has 1 saturated heterocycles. The lowest BCUT2D eigenvalue weighted by atomic mass is 10.2. The average molecular weight is 551 g/mol. The molecule has 0 saturated carbocycles. The molecule has 1 aromatic carbocycles. The molecule has 1 aliphatic rings. The molecule has 4 atom stereocenters. The van der Waals surface area contributed by atoms with Gasteiger partial charge in [0.1, 0.15) is 12.4 Å². The van der Waals surface area contributed by atoms with Crippen molar-refractivity contribution < 1.29 is 19.0 Å². The van der Waals surface area contributed by atoms with Crippen LogP contribution < -0.4 is 5.32 Å². The van der Waals surface area contributed by atoms with Crippen molar-refractivity contribution >= 4 is 45.5 Å². The van der Waals surface area contributed by atoms with Gasteiger partial charge in [-0.2, -0.15) is 0 Å². The number of aromatic nitrogens is 4. The molecule has 0 radical (unpaired) electrons. The first-order chi connectivity index (χ1) is 15.3. The van der Waals surface area contributed by atoms with Gasteiger partial charge in [0.15, 0.2) is 29.0 Å². The Morgan fingerprint density at radius 2 is 2.00 bits per heavy atom. The van der Waals surface area contributed by atoms with Gasteiger partial charge >= 0.3 is 0 Å². The zero-order valence-electron chi connectivity index (χ0n) is 18.4. The molecule has 32 heavy (non-hydrogen) atoms. The van der Waals surface area contributed by atoms with Crippen molar-refractivity contribution in [2.45, 2.75) is 58.0 Å². The summed E-state index contributed by atoms with van der Waals surface area (Å²) in [7, 11) is 0. The fourth-order valence-corrected chi connectivity index (χ4v) is 3.94. The van der Waals surface area contributed by atoms with Crippen molar-refractivity contribution in [1.82, 2.24) is 19.5 Å². The molecule has 0 spiro atoms. The Bertz CT molecular complexity index is 1090. The molecule has 3 aromatic rings. The molecular weight excluding hydrogens is 525 g/mol. The number of rotatable bonds is 7. The van der Waals surface area contributed by atoms with Gasteiger partial charge in [-0.05, 0) is 39.8 Å². The normalized spacial score (nSPS) is 22.0. The number of carbonyl (C=O) groups is 1. The molecule has 2 aromatic heterocycles. The quantitative estimate of drug-likeness (QED) is 0.351. The molecule has 1 aliphatic heterocycles. The van der Waals surface area contributed by atoms with Crippen molar-refractivity contribution in [2.75, 3.05) is 9.74 Å². The number of anilines is 1. The molecule has 170 valence electrons. The van der Waals surface area contributed by atoms with E-state index in [9.17, 15) is 4.79 Å². The highest BCUT2D eigenvalue weighted by Gasteiger charge is 2.45. The average Bonchev–Trinajstić information content (AvgIpc) is 3.32. The van der Waals surface area contributed by atoms with Crippen molar-refractivity contribution in [1.29, 1.82) is 0 Å². The summed E-state index contributed by atoms with van der Waals surface area (Å²) in [5.41, 5.74) is 1.54. The van der Waals surface area contributed by atoms with Crippen LogP contribution in [-0.4, -0.2) is 54.0 Å². The van der Waals surface area contributed by atoms with Crippen LogP contribution in [0.15, 0.2) is 43.0 Å². The van der Waals surface area contributed by atoms with E-state index in [-0.39, 0.29) is 24.2 Å². The van der Waals surface area contributed by atoms with Crippen LogP contribution in [0, 0.1) is 0 Å². The molecule has 1 N–H and O–H groups in total. The second-order valence-corrected chi connectivity index (χ2v) is 9.04. The first kappa shape index (κ1) is 23.0. The van der Waals surface area contributed by atoms with Crippen molar-refractivity contribution in [2.24, 2.45) is 0 Å². The zero-order valence-corrected chi connectivity index (χ0v) is 20.5. The molecule has 3 unspecified atom stereocenters. The van der Waals surface area contributed by atoms with Crippen LogP contribution in [0.25, 0.3) is 11.2 Å². The van der Waals surface area contributed by atoms with E-state index in [0.717, 1.165) is 4.43 Å². The van der Waals surface area contributed by atoms with Gasteiger partial charge in [-0.15, -0.1) is 0 Å². The molecule has 1 amide bonds. The Hall–Kier alpha value is -2.15. The summed E-state index contributed by atoms with van der Waals surface area (Å²) in [6.07, 6.45) is 1.92. The SMILES string of the molecule is CC(CI)OC(C1OC(C)(C)O[C@H]1C)n1cnc2c(NC(=O)c3ccccc3)ncnc21. The molecule has 4 rings (SSSR count). The van der Waals surface area contributed by atoms with E-state index in [1.54, 1.807) is 18.5 Å². The Kier molecular flexibility index (Phi) is 6.75. The lowest BCUT2D eigenvalue weighted by molar-refractivity contribution is -0.173. The van der Waals surface area contributed by atoms with Gasteiger partial charge in [-0.25, -0.2) is 15.0 Å². The first-order valence-electron chi connectivity index (χ1n) is 10.4. The number of alkyl halides is 1. The van der Waals surface area contributed by atoms with E-state index in [1.807, 2.05) is 50.5 Å². The Balaban J connectivity index is 1.69. The number of nitrogens with one attached hydrogen (secondary N) is 1. The number of amides is 1. The van der Waals surface area contributed by atoms with Crippen LogP contribution in [0.3, 0.4) is 0 Å². The number of nitrogens with zero attached hydrogens (tertiary/aromatic N) is 4. The maximum atomic E-state index is 12.6. The van der Waals surface area contributed by atoms with Crippen molar-refractivity contribution in [3.05, 3.63) is 48.5 Å². The Morgan fingerprint density at radius 3 is 2.66 bits per heavy atom. The van der Waals surface area contributed by atoms with Gasteiger partial charge in [-0.3, -0.25) is 9.36 Å². The number of hydrogen-bond acceptors (Lipinski definition) is 7. The van der Waals surface area contributed by atoms with Crippen molar-refractivity contribution in [3.63, 3.8) is 0 Å². The minimum absolute atomic E-state index is 0.0309. The fourth-order valence-electron chi connectivity index (χ4n) is 3.73. The number of benzene rings is 1. The van der Waals surface area contributed by atoms with E-state index in [0.29, 0.717) is 22.5 Å². The minimum Gasteiger partial charge on any atom is -0.351 e. The smallest absolute Gasteiger partial charge is 0.256 e. The minimum atomic E-state index is -0.723. The van der Waals surface area contributed by atoms with Gasteiger partial charge in [0.05, 0.1) is 18.5 Å². The molecule has 3 heterocycles. The van der Waals surface area contributed by atoms with E-state index in [2.05, 4.69) is 42.9 Å². The monoisotopic (exact) mass is 551 g/mol. The molecule has 0 aliphatic carbocycles.